The maximum absolute atomic E-state index is 11.7. The first-order valence-electron chi connectivity index (χ1n) is 6.64. The van der Waals surface area contributed by atoms with E-state index >= 15 is 0 Å². The van der Waals surface area contributed by atoms with E-state index in [4.69, 9.17) is 11.6 Å². The van der Waals surface area contributed by atoms with Crippen LogP contribution in [0.5, 0.6) is 0 Å². The molecule has 1 aromatic heterocycles. The predicted octanol–water partition coefficient (Wildman–Crippen LogP) is 4.16. The Balaban J connectivity index is 1.87. The van der Waals surface area contributed by atoms with Crippen molar-refractivity contribution >= 4 is 40.6 Å². The maximum Gasteiger partial charge on any atom is 0.226 e. The fourth-order valence-electron chi connectivity index (χ4n) is 1.75. The predicted molar refractivity (Wildman–Crippen MR) is 90.1 cm³/mol. The van der Waals surface area contributed by atoms with Crippen LogP contribution >= 0.6 is 34.7 Å². The third kappa shape index (κ3) is 5.69. The van der Waals surface area contributed by atoms with Crippen molar-refractivity contribution in [1.82, 2.24) is 10.3 Å². The highest BCUT2D eigenvalue weighted by Crippen LogP contribution is 2.27. The monoisotopic (exact) mass is 340 g/mol. The Morgan fingerprint density at radius 3 is 3.00 bits per heavy atom. The molecule has 112 valence electrons. The van der Waals surface area contributed by atoms with Gasteiger partial charge in [-0.3, -0.25) is 4.79 Å². The number of carbonyl (C=O) groups is 1. The molecule has 0 saturated heterocycles. The summed E-state index contributed by atoms with van der Waals surface area (Å²) in [5.74, 6) is 0.841. The van der Waals surface area contributed by atoms with E-state index < -0.39 is 0 Å². The number of aromatic nitrogens is 1. The molecule has 1 amide bonds. The summed E-state index contributed by atoms with van der Waals surface area (Å²) in [4.78, 5) is 16.2. The third-order valence-corrected chi connectivity index (χ3v) is 4.95. The molecule has 21 heavy (non-hydrogen) atoms. The Bertz CT molecular complexity index is 613. The molecular formula is C15H17ClN2OS2. The lowest BCUT2D eigenvalue weighted by Crippen LogP contribution is -2.31. The average molecular weight is 341 g/mol. The largest absolute Gasteiger partial charge is 0.354 e. The van der Waals surface area contributed by atoms with Gasteiger partial charge in [0.15, 0.2) is 0 Å². The van der Waals surface area contributed by atoms with E-state index in [1.165, 1.54) is 5.56 Å². The van der Waals surface area contributed by atoms with E-state index in [-0.39, 0.29) is 11.9 Å². The first-order chi connectivity index (χ1) is 10.0. The Kier molecular flexibility index (Phi) is 6.08. The molecule has 0 aliphatic heterocycles. The van der Waals surface area contributed by atoms with Gasteiger partial charge in [-0.15, -0.1) is 11.3 Å². The van der Waals surface area contributed by atoms with Gasteiger partial charge in [-0.1, -0.05) is 35.5 Å². The van der Waals surface area contributed by atoms with Crippen LogP contribution in [0, 0.1) is 0 Å². The Morgan fingerprint density at radius 2 is 2.29 bits per heavy atom. The number of thiazole rings is 1. The number of rotatable bonds is 6. The summed E-state index contributed by atoms with van der Waals surface area (Å²) in [6.45, 7) is 3.90. The van der Waals surface area contributed by atoms with E-state index in [9.17, 15) is 4.79 Å². The normalized spacial score (nSPS) is 10.9. The summed E-state index contributed by atoms with van der Waals surface area (Å²) in [7, 11) is 0. The summed E-state index contributed by atoms with van der Waals surface area (Å²) in [5.41, 5.74) is 1.99. The lowest BCUT2D eigenvalue weighted by molar-refractivity contribution is -0.120. The Morgan fingerprint density at radius 1 is 1.48 bits per heavy atom. The second kappa shape index (κ2) is 7.82. The zero-order valence-electron chi connectivity index (χ0n) is 11.9. The molecule has 0 radical (unpaired) electrons. The molecule has 0 aliphatic rings. The molecule has 0 saturated carbocycles. The molecule has 0 spiro atoms. The lowest BCUT2D eigenvalue weighted by atomic mass is 10.2. The van der Waals surface area contributed by atoms with Gasteiger partial charge in [-0.2, -0.15) is 0 Å². The summed E-state index contributed by atoms with van der Waals surface area (Å²) >= 11 is 9.20. The molecule has 0 fully saturated rings. The van der Waals surface area contributed by atoms with Crippen LogP contribution < -0.4 is 5.32 Å². The summed E-state index contributed by atoms with van der Waals surface area (Å²) in [5, 5.41) is 5.56. The number of thioether (sulfide) groups is 1. The quantitative estimate of drug-likeness (QED) is 0.803. The minimum Gasteiger partial charge on any atom is -0.354 e. The highest BCUT2D eigenvalue weighted by Gasteiger charge is 2.09. The standard InChI is InChI=1S/C15H17ClN2OS2/c1-10(2)17-14(19)7-13-9-21-15(18-13)20-8-11-4-3-5-12(16)6-11/h3-6,9-10H,7-8H2,1-2H3,(H,17,19). The van der Waals surface area contributed by atoms with Crippen LogP contribution in [0.4, 0.5) is 0 Å². The van der Waals surface area contributed by atoms with Crippen LogP contribution in [0.2, 0.25) is 5.02 Å². The van der Waals surface area contributed by atoms with Gasteiger partial charge in [-0.25, -0.2) is 4.98 Å². The molecule has 1 N–H and O–H groups in total. The van der Waals surface area contributed by atoms with Crippen molar-refractivity contribution in [2.45, 2.75) is 36.4 Å². The van der Waals surface area contributed by atoms with Crippen molar-refractivity contribution in [1.29, 1.82) is 0 Å². The van der Waals surface area contributed by atoms with E-state index in [0.717, 1.165) is 20.8 Å². The van der Waals surface area contributed by atoms with E-state index in [0.29, 0.717) is 6.42 Å². The number of amides is 1. The first-order valence-corrected chi connectivity index (χ1v) is 8.88. The molecule has 3 nitrogen and oxygen atoms in total. The van der Waals surface area contributed by atoms with Crippen molar-refractivity contribution in [2.24, 2.45) is 0 Å². The van der Waals surface area contributed by atoms with Crippen molar-refractivity contribution in [3.63, 3.8) is 0 Å². The Labute approximate surface area is 138 Å². The summed E-state index contributed by atoms with van der Waals surface area (Å²) in [6.07, 6.45) is 0.340. The van der Waals surface area contributed by atoms with Gasteiger partial charge >= 0.3 is 0 Å². The van der Waals surface area contributed by atoms with Gasteiger partial charge in [0.1, 0.15) is 4.34 Å². The fourth-order valence-corrected chi connectivity index (χ4v) is 3.75. The minimum absolute atomic E-state index is 0.0155. The topological polar surface area (TPSA) is 42.0 Å². The number of halogens is 1. The van der Waals surface area contributed by atoms with Crippen molar-refractivity contribution in [3.05, 3.63) is 45.9 Å². The van der Waals surface area contributed by atoms with Gasteiger partial charge < -0.3 is 5.32 Å². The molecule has 6 heteroatoms. The second-order valence-corrected chi connectivity index (χ2v) is 7.44. The van der Waals surface area contributed by atoms with Crippen molar-refractivity contribution in [3.8, 4) is 0 Å². The number of nitrogens with zero attached hydrogens (tertiary/aromatic N) is 1. The number of benzene rings is 1. The van der Waals surface area contributed by atoms with Crippen LogP contribution in [-0.2, 0) is 17.0 Å². The molecule has 1 aromatic carbocycles. The van der Waals surface area contributed by atoms with Crippen LogP contribution in [0.15, 0.2) is 34.0 Å². The van der Waals surface area contributed by atoms with E-state index in [2.05, 4.69) is 10.3 Å². The van der Waals surface area contributed by atoms with E-state index in [1.54, 1.807) is 23.1 Å². The highest BCUT2D eigenvalue weighted by molar-refractivity contribution is 8.00. The van der Waals surface area contributed by atoms with Crippen molar-refractivity contribution in [2.75, 3.05) is 0 Å². The van der Waals surface area contributed by atoms with Gasteiger partial charge in [0.05, 0.1) is 12.1 Å². The summed E-state index contributed by atoms with van der Waals surface area (Å²) < 4.78 is 0.974. The third-order valence-electron chi connectivity index (χ3n) is 2.57. The number of nitrogens with one attached hydrogen (secondary N) is 1. The fraction of sp³-hybridized carbons (Fsp3) is 0.333. The van der Waals surface area contributed by atoms with Crippen LogP contribution in [0.3, 0.4) is 0 Å². The van der Waals surface area contributed by atoms with Gasteiger partial charge in [-0.05, 0) is 31.5 Å². The van der Waals surface area contributed by atoms with Crippen LogP contribution in [-0.4, -0.2) is 16.9 Å². The number of hydrogen-bond acceptors (Lipinski definition) is 4. The molecule has 0 unspecified atom stereocenters. The summed E-state index contributed by atoms with van der Waals surface area (Å²) in [6, 6.07) is 7.97. The SMILES string of the molecule is CC(C)NC(=O)Cc1csc(SCc2cccc(Cl)c2)n1. The number of carbonyl (C=O) groups excluding carboxylic acids is 1. The molecular weight excluding hydrogens is 324 g/mol. The van der Waals surface area contributed by atoms with Crippen LogP contribution in [0.25, 0.3) is 0 Å². The molecule has 1 heterocycles. The van der Waals surface area contributed by atoms with Gasteiger partial charge in [0, 0.05) is 22.2 Å². The van der Waals surface area contributed by atoms with Crippen LogP contribution in [0.1, 0.15) is 25.1 Å². The first kappa shape index (κ1) is 16.3. The van der Waals surface area contributed by atoms with Gasteiger partial charge in [0.2, 0.25) is 5.91 Å². The molecule has 0 atom stereocenters. The second-order valence-electron chi connectivity index (χ2n) is 4.92. The van der Waals surface area contributed by atoms with Crippen molar-refractivity contribution < 1.29 is 4.79 Å². The average Bonchev–Trinajstić information content (AvgIpc) is 2.83. The number of hydrogen-bond donors (Lipinski definition) is 1. The molecule has 2 aromatic rings. The lowest BCUT2D eigenvalue weighted by Gasteiger charge is -2.06. The highest BCUT2D eigenvalue weighted by atomic mass is 35.5. The van der Waals surface area contributed by atoms with Gasteiger partial charge in [0.25, 0.3) is 0 Å². The molecule has 0 bridgehead atoms. The maximum atomic E-state index is 11.7. The zero-order chi connectivity index (χ0) is 15.2. The Hall–Kier alpha value is -1.04. The zero-order valence-corrected chi connectivity index (χ0v) is 14.3. The van der Waals surface area contributed by atoms with E-state index in [1.807, 2.05) is 43.5 Å². The molecule has 2 rings (SSSR count). The molecule has 0 aliphatic carbocycles. The minimum atomic E-state index is 0.0155. The smallest absolute Gasteiger partial charge is 0.226 e.